The molecule has 0 saturated heterocycles. The van der Waals surface area contributed by atoms with Crippen molar-refractivity contribution in [3.63, 3.8) is 0 Å². The van der Waals surface area contributed by atoms with Gasteiger partial charge >= 0.3 is 6.09 Å². The highest BCUT2D eigenvalue weighted by Gasteiger charge is 2.09. The van der Waals surface area contributed by atoms with Gasteiger partial charge in [0.1, 0.15) is 5.76 Å². The Bertz CT molecular complexity index is 361. The number of aryl methyl sites for hydroxylation is 1. The first-order chi connectivity index (χ1) is 7.09. The van der Waals surface area contributed by atoms with Crippen LogP contribution in [0.4, 0.5) is 4.79 Å². The van der Waals surface area contributed by atoms with Crippen LogP contribution in [0.2, 0.25) is 0 Å². The summed E-state index contributed by atoms with van der Waals surface area (Å²) < 4.78 is 4.71. The van der Waals surface area contributed by atoms with Crippen molar-refractivity contribution in [2.24, 2.45) is 0 Å². The van der Waals surface area contributed by atoms with Crippen LogP contribution >= 0.6 is 0 Å². The standard InChI is InChI=1S/C8H11N3O4/c1-5-4-6(11-15-5)7(12)9-2-3-10-8(13)14/h4,10H,2-3H2,1H3,(H,9,12)(H,13,14). The molecule has 15 heavy (non-hydrogen) atoms. The summed E-state index contributed by atoms with van der Waals surface area (Å²) >= 11 is 0. The maximum absolute atomic E-state index is 11.3. The van der Waals surface area contributed by atoms with Crippen LogP contribution < -0.4 is 10.6 Å². The quantitative estimate of drug-likeness (QED) is 0.609. The van der Waals surface area contributed by atoms with Gasteiger partial charge in [-0.05, 0) is 6.92 Å². The lowest BCUT2D eigenvalue weighted by atomic mass is 10.3. The van der Waals surface area contributed by atoms with Crippen LogP contribution in [0, 0.1) is 6.92 Å². The molecule has 82 valence electrons. The third-order valence-electron chi connectivity index (χ3n) is 1.55. The van der Waals surface area contributed by atoms with Crippen molar-refractivity contribution in [3.05, 3.63) is 17.5 Å². The van der Waals surface area contributed by atoms with Gasteiger partial charge in [-0.3, -0.25) is 4.79 Å². The Balaban J connectivity index is 2.28. The summed E-state index contributed by atoms with van der Waals surface area (Å²) in [6.07, 6.45) is -1.12. The highest BCUT2D eigenvalue weighted by Crippen LogP contribution is 2.00. The minimum atomic E-state index is -1.12. The average Bonchev–Trinajstić information content (AvgIpc) is 2.59. The molecule has 3 N–H and O–H groups in total. The van der Waals surface area contributed by atoms with Crippen LogP contribution in [0.1, 0.15) is 16.2 Å². The van der Waals surface area contributed by atoms with Crippen molar-refractivity contribution in [2.75, 3.05) is 13.1 Å². The van der Waals surface area contributed by atoms with E-state index in [1.54, 1.807) is 6.92 Å². The molecule has 0 aliphatic rings. The van der Waals surface area contributed by atoms with Crippen molar-refractivity contribution in [3.8, 4) is 0 Å². The maximum Gasteiger partial charge on any atom is 0.404 e. The largest absolute Gasteiger partial charge is 0.465 e. The summed E-state index contributed by atoms with van der Waals surface area (Å²) in [5, 5.41) is 16.3. The normalized spacial score (nSPS) is 9.67. The lowest BCUT2D eigenvalue weighted by Gasteiger charge is -2.01. The summed E-state index contributed by atoms with van der Waals surface area (Å²) in [7, 11) is 0. The number of aromatic nitrogens is 1. The van der Waals surface area contributed by atoms with Crippen molar-refractivity contribution in [2.45, 2.75) is 6.92 Å². The Labute approximate surface area is 85.4 Å². The molecule has 0 unspecified atom stereocenters. The van der Waals surface area contributed by atoms with Gasteiger partial charge in [0.25, 0.3) is 5.91 Å². The molecular formula is C8H11N3O4. The number of carboxylic acid groups (broad SMARTS) is 1. The molecule has 0 aliphatic heterocycles. The smallest absolute Gasteiger partial charge is 0.404 e. The van der Waals surface area contributed by atoms with E-state index in [2.05, 4.69) is 15.8 Å². The van der Waals surface area contributed by atoms with E-state index in [9.17, 15) is 9.59 Å². The van der Waals surface area contributed by atoms with Crippen molar-refractivity contribution >= 4 is 12.0 Å². The molecule has 0 bridgehead atoms. The molecule has 1 heterocycles. The summed E-state index contributed by atoms with van der Waals surface area (Å²) in [5.41, 5.74) is 0.183. The van der Waals surface area contributed by atoms with Crippen molar-refractivity contribution < 1.29 is 19.2 Å². The number of amides is 2. The zero-order valence-corrected chi connectivity index (χ0v) is 8.11. The van der Waals surface area contributed by atoms with Crippen LogP contribution in [0.25, 0.3) is 0 Å². The minimum absolute atomic E-state index is 0.151. The van der Waals surface area contributed by atoms with Crippen molar-refractivity contribution in [1.82, 2.24) is 15.8 Å². The Hall–Kier alpha value is -2.05. The van der Waals surface area contributed by atoms with Gasteiger partial charge in [-0.1, -0.05) is 5.16 Å². The summed E-state index contributed by atoms with van der Waals surface area (Å²) in [5.74, 6) is 0.155. The predicted octanol–water partition coefficient (Wildman–Crippen LogP) is -0.0196. The monoisotopic (exact) mass is 213 g/mol. The number of nitrogens with zero attached hydrogens (tertiary/aromatic N) is 1. The Morgan fingerprint density at radius 2 is 2.13 bits per heavy atom. The topological polar surface area (TPSA) is 104 Å². The van der Waals surface area contributed by atoms with E-state index in [-0.39, 0.29) is 24.7 Å². The second kappa shape index (κ2) is 4.99. The van der Waals surface area contributed by atoms with Gasteiger partial charge in [-0.15, -0.1) is 0 Å². The van der Waals surface area contributed by atoms with Crippen LogP contribution in [0.3, 0.4) is 0 Å². The molecule has 0 aliphatic carbocycles. The fourth-order valence-corrected chi connectivity index (χ4v) is 0.909. The minimum Gasteiger partial charge on any atom is -0.465 e. The van der Waals surface area contributed by atoms with Crippen molar-refractivity contribution in [1.29, 1.82) is 0 Å². The molecule has 0 atom stereocenters. The van der Waals surface area contributed by atoms with Gasteiger partial charge in [0.2, 0.25) is 0 Å². The Morgan fingerprint density at radius 3 is 2.67 bits per heavy atom. The molecule has 2 amide bonds. The van der Waals surface area contributed by atoms with E-state index in [0.717, 1.165) is 0 Å². The van der Waals surface area contributed by atoms with Gasteiger partial charge in [0.05, 0.1) is 0 Å². The summed E-state index contributed by atoms with van der Waals surface area (Å²) in [6.45, 7) is 2.03. The first-order valence-corrected chi connectivity index (χ1v) is 4.28. The molecule has 0 aromatic carbocycles. The van der Waals surface area contributed by atoms with E-state index in [0.29, 0.717) is 5.76 Å². The second-order valence-electron chi connectivity index (χ2n) is 2.81. The van der Waals surface area contributed by atoms with E-state index >= 15 is 0 Å². The number of hydrogen-bond acceptors (Lipinski definition) is 4. The SMILES string of the molecule is Cc1cc(C(=O)NCCNC(=O)O)no1. The number of rotatable bonds is 4. The highest BCUT2D eigenvalue weighted by atomic mass is 16.5. The van der Waals surface area contributed by atoms with E-state index < -0.39 is 6.09 Å². The first-order valence-electron chi connectivity index (χ1n) is 4.28. The molecule has 1 aromatic heterocycles. The Kier molecular flexibility index (Phi) is 3.67. The van der Waals surface area contributed by atoms with Gasteiger partial charge in [-0.25, -0.2) is 4.79 Å². The molecule has 0 saturated carbocycles. The molecular weight excluding hydrogens is 202 g/mol. The summed E-state index contributed by atoms with van der Waals surface area (Å²) in [6, 6.07) is 1.50. The first kappa shape index (κ1) is 11.0. The Morgan fingerprint density at radius 1 is 1.47 bits per heavy atom. The van der Waals surface area contributed by atoms with Gasteiger partial charge in [-0.2, -0.15) is 0 Å². The molecule has 0 spiro atoms. The maximum atomic E-state index is 11.3. The molecule has 7 nitrogen and oxygen atoms in total. The van der Waals surface area contributed by atoms with E-state index in [1.165, 1.54) is 6.07 Å². The van der Waals surface area contributed by atoms with Crippen LogP contribution in [0.15, 0.2) is 10.6 Å². The molecule has 0 radical (unpaired) electrons. The van der Waals surface area contributed by atoms with Gasteiger partial charge in [0.15, 0.2) is 5.69 Å². The lowest BCUT2D eigenvalue weighted by molar-refractivity contribution is 0.0944. The molecule has 1 aromatic rings. The highest BCUT2D eigenvalue weighted by molar-refractivity contribution is 5.92. The average molecular weight is 213 g/mol. The van der Waals surface area contributed by atoms with E-state index in [4.69, 9.17) is 9.63 Å². The number of carbonyl (C=O) groups excluding carboxylic acids is 1. The third-order valence-corrected chi connectivity index (χ3v) is 1.55. The molecule has 7 heteroatoms. The molecule has 0 fully saturated rings. The molecule has 1 rings (SSSR count). The fourth-order valence-electron chi connectivity index (χ4n) is 0.909. The zero-order chi connectivity index (χ0) is 11.3. The predicted molar refractivity (Wildman–Crippen MR) is 49.6 cm³/mol. The van der Waals surface area contributed by atoms with Gasteiger partial charge < -0.3 is 20.3 Å². The number of carbonyl (C=O) groups is 2. The number of hydrogen-bond donors (Lipinski definition) is 3. The van der Waals surface area contributed by atoms with E-state index in [1.807, 2.05) is 0 Å². The second-order valence-corrected chi connectivity index (χ2v) is 2.81. The van der Waals surface area contributed by atoms with Gasteiger partial charge in [0, 0.05) is 19.2 Å². The fraction of sp³-hybridized carbons (Fsp3) is 0.375. The van der Waals surface area contributed by atoms with Crippen LogP contribution in [0.5, 0.6) is 0 Å². The lowest BCUT2D eigenvalue weighted by Crippen LogP contribution is -2.34. The third kappa shape index (κ3) is 3.67. The summed E-state index contributed by atoms with van der Waals surface area (Å²) in [4.78, 5) is 21.4. The van der Waals surface area contributed by atoms with Crippen LogP contribution in [-0.4, -0.2) is 35.4 Å². The van der Waals surface area contributed by atoms with Crippen LogP contribution in [-0.2, 0) is 0 Å². The number of nitrogens with one attached hydrogen (secondary N) is 2. The zero-order valence-electron chi connectivity index (χ0n) is 8.11.